The minimum absolute atomic E-state index is 0. The van der Waals surface area contributed by atoms with Gasteiger partial charge in [-0.05, 0) is 42.0 Å². The quantitative estimate of drug-likeness (QED) is 0.378. The maximum Gasteiger partial charge on any atom is 0.238 e. The maximum absolute atomic E-state index is 11.2. The first-order valence-corrected chi connectivity index (χ1v) is 8.35. The highest BCUT2D eigenvalue weighted by Crippen LogP contribution is 2.13. The number of nitrogens with one attached hydrogen (secondary N) is 1. The highest BCUT2D eigenvalue weighted by atomic mass is 35.5. The zero-order valence-corrected chi connectivity index (χ0v) is 18.1. The summed E-state index contributed by atoms with van der Waals surface area (Å²) in [6.07, 6.45) is 5.29. The number of anilines is 1. The molecule has 0 aliphatic carbocycles. The molecule has 0 aliphatic rings. The van der Waals surface area contributed by atoms with E-state index in [4.69, 9.17) is 5.84 Å². The number of amides is 1. The van der Waals surface area contributed by atoms with Crippen LogP contribution in [0.2, 0.25) is 0 Å². The fourth-order valence-corrected chi connectivity index (χ4v) is 2.59. The molecule has 0 atom stereocenters. The number of aromatic nitrogens is 1. The summed E-state index contributed by atoms with van der Waals surface area (Å²) >= 11 is 0. The molecule has 0 spiro atoms. The van der Waals surface area contributed by atoms with E-state index in [9.17, 15) is 4.79 Å². The van der Waals surface area contributed by atoms with Gasteiger partial charge in [-0.1, -0.05) is 37.3 Å². The van der Waals surface area contributed by atoms with Crippen molar-refractivity contribution < 1.29 is 4.79 Å². The van der Waals surface area contributed by atoms with E-state index in [0.29, 0.717) is 6.42 Å². The van der Waals surface area contributed by atoms with Crippen LogP contribution in [0, 0.1) is 0 Å². The van der Waals surface area contributed by atoms with Crippen LogP contribution in [0.3, 0.4) is 0 Å². The van der Waals surface area contributed by atoms with Gasteiger partial charge in [-0.3, -0.25) is 10.2 Å². The number of nitrogens with two attached hydrogens (primary N) is 1. The van der Waals surface area contributed by atoms with Crippen molar-refractivity contribution in [1.82, 2.24) is 10.4 Å². The number of hydrogen-bond acceptors (Lipinski definition) is 4. The van der Waals surface area contributed by atoms with Gasteiger partial charge < -0.3 is 4.90 Å². The number of aryl methyl sites for hydroxylation is 2. The Balaban J connectivity index is 0. The van der Waals surface area contributed by atoms with Crippen molar-refractivity contribution in [3.8, 4) is 0 Å². The number of carbonyl (C=O) groups excluding carboxylic acids is 1. The molecular weight excluding hydrogens is 407 g/mol. The van der Waals surface area contributed by atoms with Gasteiger partial charge in [0.15, 0.2) is 0 Å². The van der Waals surface area contributed by atoms with Crippen LogP contribution in [0.25, 0.3) is 0 Å². The summed E-state index contributed by atoms with van der Waals surface area (Å²) in [5, 5.41) is 0. The van der Waals surface area contributed by atoms with Gasteiger partial charge in [0.2, 0.25) is 5.91 Å². The van der Waals surface area contributed by atoms with Gasteiger partial charge in [-0.15, -0.1) is 37.2 Å². The van der Waals surface area contributed by atoms with Crippen molar-refractivity contribution in [2.75, 3.05) is 18.5 Å². The Bertz CT molecular complexity index is 651. The fourth-order valence-electron chi connectivity index (χ4n) is 2.59. The predicted octanol–water partition coefficient (Wildman–Crippen LogP) is 3.51. The second-order valence-corrected chi connectivity index (χ2v) is 6.01. The van der Waals surface area contributed by atoms with Crippen LogP contribution >= 0.6 is 37.2 Å². The van der Waals surface area contributed by atoms with E-state index >= 15 is 0 Å². The van der Waals surface area contributed by atoms with Crippen LogP contribution in [0.5, 0.6) is 0 Å². The van der Waals surface area contributed by atoms with E-state index in [1.54, 1.807) is 0 Å². The van der Waals surface area contributed by atoms with Crippen LogP contribution in [-0.2, 0) is 24.1 Å². The van der Waals surface area contributed by atoms with Crippen molar-refractivity contribution in [3.05, 3.63) is 59.3 Å². The molecule has 27 heavy (non-hydrogen) atoms. The zero-order chi connectivity index (χ0) is 17.4. The number of pyridine rings is 1. The molecule has 0 bridgehead atoms. The Morgan fingerprint density at radius 3 is 2.07 bits per heavy atom. The molecule has 0 unspecified atom stereocenters. The summed E-state index contributed by atoms with van der Waals surface area (Å²) in [7, 11) is 2.07. The van der Waals surface area contributed by atoms with Gasteiger partial charge in [-0.25, -0.2) is 10.8 Å². The van der Waals surface area contributed by atoms with E-state index in [0.717, 1.165) is 37.2 Å². The van der Waals surface area contributed by atoms with Gasteiger partial charge in [0.05, 0.1) is 6.42 Å². The van der Waals surface area contributed by atoms with Crippen molar-refractivity contribution in [2.45, 2.75) is 32.6 Å². The van der Waals surface area contributed by atoms with Crippen LogP contribution in [0.4, 0.5) is 5.82 Å². The maximum atomic E-state index is 11.2. The fraction of sp³-hybridized carbons (Fsp3) is 0.368. The zero-order valence-electron chi connectivity index (χ0n) is 15.7. The average molecular weight is 436 g/mol. The Hall–Kier alpha value is -1.53. The summed E-state index contributed by atoms with van der Waals surface area (Å²) in [6, 6.07) is 12.3. The van der Waals surface area contributed by atoms with Gasteiger partial charge in [0, 0.05) is 19.8 Å². The first-order valence-electron chi connectivity index (χ1n) is 8.35. The number of benzene rings is 1. The Morgan fingerprint density at radius 2 is 1.56 bits per heavy atom. The second kappa shape index (κ2) is 14.5. The Morgan fingerprint density at radius 1 is 1.00 bits per heavy atom. The van der Waals surface area contributed by atoms with Crippen LogP contribution < -0.4 is 16.2 Å². The highest BCUT2D eigenvalue weighted by molar-refractivity contribution is 5.86. The molecule has 2 aromatic rings. The normalized spacial score (nSPS) is 9.30. The highest BCUT2D eigenvalue weighted by Gasteiger charge is 2.03. The third kappa shape index (κ3) is 9.29. The molecule has 1 amide bonds. The molecular formula is C19H29Cl3N4O. The third-order valence-electron chi connectivity index (χ3n) is 4.01. The van der Waals surface area contributed by atoms with E-state index in [1.807, 2.05) is 18.3 Å². The van der Waals surface area contributed by atoms with E-state index < -0.39 is 0 Å². The summed E-state index contributed by atoms with van der Waals surface area (Å²) in [5.74, 6) is 5.94. The average Bonchev–Trinajstić information content (AvgIpc) is 2.61. The molecule has 1 heterocycles. The molecule has 152 valence electrons. The third-order valence-corrected chi connectivity index (χ3v) is 4.01. The summed E-state index contributed by atoms with van der Waals surface area (Å²) in [4.78, 5) is 17.9. The first kappa shape index (κ1) is 27.7. The van der Waals surface area contributed by atoms with Gasteiger partial charge >= 0.3 is 0 Å². The lowest BCUT2D eigenvalue weighted by atomic mass is 10.0. The molecule has 0 aliphatic heterocycles. The SMILES string of the molecule is CCCN(C)c1ccc(CCc2ccc(CC(=O)NN)cc2)cn1.Cl.Cl.Cl. The first-order chi connectivity index (χ1) is 11.6. The largest absolute Gasteiger partial charge is 0.360 e. The Kier molecular flexibility index (Phi) is 14.9. The minimum Gasteiger partial charge on any atom is -0.360 e. The molecule has 1 aromatic carbocycles. The molecule has 8 heteroatoms. The number of carbonyl (C=O) groups is 1. The molecule has 3 N–H and O–H groups in total. The predicted molar refractivity (Wildman–Crippen MR) is 119 cm³/mol. The van der Waals surface area contributed by atoms with E-state index in [-0.39, 0.29) is 43.1 Å². The van der Waals surface area contributed by atoms with Crippen molar-refractivity contribution >= 4 is 48.9 Å². The smallest absolute Gasteiger partial charge is 0.238 e. The summed E-state index contributed by atoms with van der Waals surface area (Å²) < 4.78 is 0. The lowest BCUT2D eigenvalue weighted by Gasteiger charge is -2.17. The number of hydrazine groups is 1. The van der Waals surface area contributed by atoms with Crippen LogP contribution in [-0.4, -0.2) is 24.5 Å². The summed E-state index contributed by atoms with van der Waals surface area (Å²) in [6.45, 7) is 3.18. The van der Waals surface area contributed by atoms with E-state index in [2.05, 4.69) is 53.5 Å². The monoisotopic (exact) mass is 434 g/mol. The molecule has 0 saturated heterocycles. The van der Waals surface area contributed by atoms with Gasteiger partial charge in [-0.2, -0.15) is 0 Å². The molecule has 0 saturated carbocycles. The van der Waals surface area contributed by atoms with Gasteiger partial charge in [0.25, 0.3) is 0 Å². The van der Waals surface area contributed by atoms with Gasteiger partial charge in [0.1, 0.15) is 5.82 Å². The second-order valence-electron chi connectivity index (χ2n) is 6.01. The van der Waals surface area contributed by atoms with E-state index in [1.165, 1.54) is 11.1 Å². The van der Waals surface area contributed by atoms with Crippen molar-refractivity contribution in [3.63, 3.8) is 0 Å². The number of rotatable bonds is 8. The summed E-state index contributed by atoms with van der Waals surface area (Å²) in [5.41, 5.74) is 5.59. The molecule has 2 rings (SSSR count). The number of halogens is 3. The molecule has 0 fully saturated rings. The standard InChI is InChI=1S/C19H26N4O.3ClH/c1-3-12-23(2)18-11-10-17(14-21-18)9-6-15-4-7-16(8-5-15)13-19(24)22-20;;;/h4-5,7-8,10-11,14H,3,6,9,12-13,20H2,1-2H3,(H,22,24);3*1H. The number of nitrogens with zero attached hydrogens (tertiary/aromatic N) is 2. The lowest BCUT2D eigenvalue weighted by Crippen LogP contribution is -2.31. The molecule has 0 radical (unpaired) electrons. The lowest BCUT2D eigenvalue weighted by molar-refractivity contribution is -0.120. The van der Waals surface area contributed by atoms with Crippen molar-refractivity contribution in [1.29, 1.82) is 0 Å². The number of hydrogen-bond donors (Lipinski definition) is 2. The van der Waals surface area contributed by atoms with Crippen molar-refractivity contribution in [2.24, 2.45) is 5.84 Å². The van der Waals surface area contributed by atoms with Crippen LogP contribution in [0.15, 0.2) is 42.6 Å². The minimum atomic E-state index is -0.179. The molecule has 1 aromatic heterocycles. The topological polar surface area (TPSA) is 71.2 Å². The van der Waals surface area contributed by atoms with Crippen LogP contribution in [0.1, 0.15) is 30.0 Å². The Labute approximate surface area is 180 Å². The molecule has 5 nitrogen and oxygen atoms in total.